The Morgan fingerprint density at radius 2 is 1.88 bits per heavy atom. The maximum absolute atomic E-state index is 10.8. The molecule has 0 bridgehead atoms. The molecule has 2 aromatic carbocycles. The van der Waals surface area contributed by atoms with Crippen molar-refractivity contribution in [1.29, 1.82) is 0 Å². The number of pyridine rings is 1. The summed E-state index contributed by atoms with van der Waals surface area (Å²) in [4.78, 5) is 15.3. The molecule has 6 heteroatoms. The van der Waals surface area contributed by atoms with Crippen LogP contribution in [0.5, 0.6) is 0 Å². The predicted molar refractivity (Wildman–Crippen MR) is 128 cm³/mol. The molecule has 4 rings (SSSR count). The molecule has 2 heterocycles. The SMILES string of the molecule is C[C@H](CN[C@H](c1ccccc1)[C@H]1CNc2cccnc2N1)c1ccc(CCC(=O)O)cc1. The molecule has 3 atom stereocenters. The number of anilines is 2. The number of nitrogens with one attached hydrogen (secondary N) is 3. The van der Waals surface area contributed by atoms with Gasteiger partial charge in [0.2, 0.25) is 0 Å². The number of benzene rings is 2. The Hall–Kier alpha value is -3.38. The number of aryl methyl sites for hydroxylation is 1. The van der Waals surface area contributed by atoms with E-state index in [1.807, 2.05) is 36.5 Å². The largest absolute Gasteiger partial charge is 0.481 e. The van der Waals surface area contributed by atoms with Gasteiger partial charge in [0.25, 0.3) is 0 Å². The van der Waals surface area contributed by atoms with E-state index < -0.39 is 5.97 Å². The summed E-state index contributed by atoms with van der Waals surface area (Å²) in [5.74, 6) is 0.440. The van der Waals surface area contributed by atoms with Gasteiger partial charge in [-0.2, -0.15) is 0 Å². The number of carboxylic acid groups (broad SMARTS) is 1. The van der Waals surface area contributed by atoms with Crippen LogP contribution in [0.15, 0.2) is 72.9 Å². The predicted octanol–water partition coefficient (Wildman–Crippen LogP) is 4.44. The Morgan fingerprint density at radius 3 is 2.62 bits per heavy atom. The number of aromatic nitrogens is 1. The Morgan fingerprint density at radius 1 is 1.09 bits per heavy atom. The van der Waals surface area contributed by atoms with E-state index in [0.29, 0.717) is 12.3 Å². The third kappa shape index (κ3) is 5.45. The minimum Gasteiger partial charge on any atom is -0.481 e. The number of fused-ring (bicyclic) bond motifs is 1. The normalized spacial score (nSPS) is 16.8. The topological polar surface area (TPSA) is 86.3 Å². The van der Waals surface area contributed by atoms with Crippen LogP contribution in [0.1, 0.15) is 42.0 Å². The highest BCUT2D eigenvalue weighted by atomic mass is 16.4. The summed E-state index contributed by atoms with van der Waals surface area (Å²) in [5.41, 5.74) is 4.57. The summed E-state index contributed by atoms with van der Waals surface area (Å²) in [6.45, 7) is 3.84. The lowest BCUT2D eigenvalue weighted by Gasteiger charge is -2.35. The number of hydrogen-bond donors (Lipinski definition) is 4. The second kappa shape index (κ2) is 10.3. The van der Waals surface area contributed by atoms with Gasteiger partial charge in [0.1, 0.15) is 5.82 Å². The van der Waals surface area contributed by atoms with Gasteiger partial charge in [0.05, 0.1) is 17.8 Å². The van der Waals surface area contributed by atoms with Gasteiger partial charge in [-0.1, -0.05) is 61.5 Å². The molecule has 6 nitrogen and oxygen atoms in total. The first-order chi connectivity index (χ1) is 15.6. The monoisotopic (exact) mass is 430 g/mol. The number of carbonyl (C=O) groups is 1. The van der Waals surface area contributed by atoms with Gasteiger partial charge in [0.15, 0.2) is 0 Å². The van der Waals surface area contributed by atoms with Gasteiger partial charge in [-0.3, -0.25) is 4.79 Å². The van der Waals surface area contributed by atoms with Crippen LogP contribution in [0.2, 0.25) is 0 Å². The molecule has 0 saturated heterocycles. The van der Waals surface area contributed by atoms with E-state index in [-0.39, 0.29) is 18.5 Å². The highest BCUT2D eigenvalue weighted by molar-refractivity contribution is 5.67. The van der Waals surface area contributed by atoms with Crippen molar-refractivity contribution in [2.45, 2.75) is 37.8 Å². The molecule has 1 aliphatic heterocycles. The minimum absolute atomic E-state index is 0.121. The zero-order chi connectivity index (χ0) is 22.3. The van der Waals surface area contributed by atoms with Gasteiger partial charge < -0.3 is 21.1 Å². The van der Waals surface area contributed by atoms with Crippen LogP contribution in [0.3, 0.4) is 0 Å². The summed E-state index contributed by atoms with van der Waals surface area (Å²) in [7, 11) is 0. The van der Waals surface area contributed by atoms with E-state index in [1.165, 1.54) is 11.1 Å². The highest BCUT2D eigenvalue weighted by Crippen LogP contribution is 2.29. The Balaban J connectivity index is 1.43. The molecule has 0 amide bonds. The smallest absolute Gasteiger partial charge is 0.303 e. The van der Waals surface area contributed by atoms with E-state index in [4.69, 9.17) is 5.11 Å². The fourth-order valence-corrected chi connectivity index (χ4v) is 4.15. The first kappa shape index (κ1) is 21.8. The summed E-state index contributed by atoms with van der Waals surface area (Å²) in [6.07, 6.45) is 2.53. The molecular weight excluding hydrogens is 400 g/mol. The molecule has 0 saturated carbocycles. The van der Waals surface area contributed by atoms with Crippen LogP contribution < -0.4 is 16.0 Å². The molecule has 1 aliphatic rings. The Labute approximate surface area is 189 Å². The van der Waals surface area contributed by atoms with Crippen LogP contribution in [0, 0.1) is 0 Å². The lowest BCUT2D eigenvalue weighted by molar-refractivity contribution is -0.136. The van der Waals surface area contributed by atoms with Crippen molar-refractivity contribution < 1.29 is 9.90 Å². The molecule has 0 radical (unpaired) electrons. The standard InChI is InChI=1S/C26H30N4O2/c1-18(20-12-9-19(10-13-20)11-14-24(31)32)16-29-25(21-6-3-2-4-7-21)23-17-28-22-8-5-15-27-26(22)30-23/h2-10,12-13,15,18,23,25,28-29H,11,14,16-17H2,1H3,(H,27,30)(H,31,32)/t18-,23-,25-/m1/s1. The summed E-state index contributed by atoms with van der Waals surface area (Å²) >= 11 is 0. The maximum atomic E-state index is 10.8. The number of rotatable bonds is 9. The van der Waals surface area contributed by atoms with Crippen molar-refractivity contribution in [2.24, 2.45) is 0 Å². The summed E-state index contributed by atoms with van der Waals surface area (Å²) in [5, 5.41) is 19.8. The summed E-state index contributed by atoms with van der Waals surface area (Å²) < 4.78 is 0. The van der Waals surface area contributed by atoms with Crippen molar-refractivity contribution in [2.75, 3.05) is 23.7 Å². The number of carboxylic acids is 1. The summed E-state index contributed by atoms with van der Waals surface area (Å²) in [6, 6.07) is 23.1. The van der Waals surface area contributed by atoms with E-state index in [0.717, 1.165) is 30.2 Å². The lowest BCUT2D eigenvalue weighted by atomic mass is 9.95. The molecule has 0 unspecified atom stereocenters. The van der Waals surface area contributed by atoms with Crippen molar-refractivity contribution in [3.8, 4) is 0 Å². The quantitative estimate of drug-likeness (QED) is 0.402. The van der Waals surface area contributed by atoms with Gasteiger partial charge in [-0.25, -0.2) is 4.98 Å². The molecule has 32 heavy (non-hydrogen) atoms. The Bertz CT molecular complexity index is 1020. The molecular formula is C26H30N4O2. The minimum atomic E-state index is -0.762. The lowest BCUT2D eigenvalue weighted by Crippen LogP contribution is -2.45. The molecule has 4 N–H and O–H groups in total. The van der Waals surface area contributed by atoms with Crippen LogP contribution in [-0.2, 0) is 11.2 Å². The molecule has 166 valence electrons. The molecule has 0 spiro atoms. The zero-order valence-corrected chi connectivity index (χ0v) is 18.3. The van der Waals surface area contributed by atoms with Crippen molar-refractivity contribution in [1.82, 2.24) is 10.3 Å². The van der Waals surface area contributed by atoms with Crippen LogP contribution >= 0.6 is 0 Å². The van der Waals surface area contributed by atoms with E-state index in [9.17, 15) is 4.79 Å². The first-order valence-electron chi connectivity index (χ1n) is 11.1. The molecule has 0 fully saturated rings. The van der Waals surface area contributed by atoms with E-state index in [2.05, 4.69) is 64.3 Å². The first-order valence-corrected chi connectivity index (χ1v) is 11.1. The van der Waals surface area contributed by atoms with Crippen molar-refractivity contribution >= 4 is 17.5 Å². The molecule has 0 aliphatic carbocycles. The van der Waals surface area contributed by atoms with Crippen LogP contribution in [-0.4, -0.2) is 35.2 Å². The second-order valence-electron chi connectivity index (χ2n) is 8.36. The third-order valence-corrected chi connectivity index (χ3v) is 6.02. The van der Waals surface area contributed by atoms with E-state index in [1.54, 1.807) is 0 Å². The van der Waals surface area contributed by atoms with Crippen molar-refractivity contribution in [3.05, 3.63) is 89.6 Å². The van der Waals surface area contributed by atoms with Gasteiger partial charge >= 0.3 is 5.97 Å². The fourth-order valence-electron chi connectivity index (χ4n) is 4.15. The maximum Gasteiger partial charge on any atom is 0.303 e. The zero-order valence-electron chi connectivity index (χ0n) is 18.3. The number of hydrogen-bond acceptors (Lipinski definition) is 5. The van der Waals surface area contributed by atoms with E-state index >= 15 is 0 Å². The van der Waals surface area contributed by atoms with Crippen molar-refractivity contribution in [3.63, 3.8) is 0 Å². The second-order valence-corrected chi connectivity index (χ2v) is 8.36. The molecule has 3 aromatic rings. The Kier molecular flexibility index (Phi) is 7.02. The van der Waals surface area contributed by atoms with Crippen LogP contribution in [0.4, 0.5) is 11.5 Å². The fraction of sp³-hybridized carbons (Fsp3) is 0.308. The average molecular weight is 431 g/mol. The number of nitrogens with zero attached hydrogens (tertiary/aromatic N) is 1. The third-order valence-electron chi connectivity index (χ3n) is 6.02. The highest BCUT2D eigenvalue weighted by Gasteiger charge is 2.27. The number of aliphatic carboxylic acids is 1. The van der Waals surface area contributed by atoms with Gasteiger partial charge in [0, 0.05) is 25.7 Å². The van der Waals surface area contributed by atoms with Crippen LogP contribution in [0.25, 0.3) is 0 Å². The average Bonchev–Trinajstić information content (AvgIpc) is 2.83. The molecule has 1 aromatic heterocycles. The van der Waals surface area contributed by atoms with Gasteiger partial charge in [-0.15, -0.1) is 0 Å². The van der Waals surface area contributed by atoms with Gasteiger partial charge in [-0.05, 0) is 41.2 Å².